The molecule has 0 aliphatic carbocycles. The number of hydrogen-bond donors (Lipinski definition) is 0. The monoisotopic (exact) mass is 204 g/mol. The predicted molar refractivity (Wildman–Crippen MR) is 37.9 cm³/mol. The van der Waals surface area contributed by atoms with E-state index in [0.29, 0.717) is 0 Å². The Kier molecular flexibility index (Phi) is 151. The summed E-state index contributed by atoms with van der Waals surface area (Å²) in [4.78, 5) is 0. The minimum Gasteiger partial charge on any atom is -0.235 e. The van der Waals surface area contributed by atoms with E-state index in [-0.39, 0.29) is 24.8 Å². The summed E-state index contributed by atoms with van der Waals surface area (Å²) < 4.78 is 33.6. The molecule has 8 heteroatoms. The molecule has 0 atom stereocenters. The van der Waals surface area contributed by atoms with Crippen LogP contribution in [-0.4, -0.2) is 16.8 Å². The van der Waals surface area contributed by atoms with Gasteiger partial charge in [0, 0.05) is 0 Å². The fourth-order valence-electron chi connectivity index (χ4n) is 0. The largest absolute Gasteiger partial charge is 0.235 e. The van der Waals surface area contributed by atoms with Crippen molar-refractivity contribution in [2.75, 3.05) is 0 Å². The summed E-state index contributed by atoms with van der Waals surface area (Å²) >= 11 is -2.83. The van der Waals surface area contributed by atoms with Gasteiger partial charge in [-0.2, -0.15) is 0 Å². The Hall–Kier alpha value is 0.480. The van der Waals surface area contributed by atoms with E-state index in [9.17, 15) is 0 Å². The highest BCUT2D eigenvalue weighted by atomic mass is 35.5. The third kappa shape index (κ3) is 845. The lowest BCUT2D eigenvalue weighted by Crippen LogP contribution is -1.18. The molecule has 0 aliphatic heterocycles. The van der Waals surface area contributed by atoms with Gasteiger partial charge in [0.15, 0.2) is 0 Å². The van der Waals surface area contributed by atoms with Crippen LogP contribution in [0.25, 0.3) is 0 Å². The van der Waals surface area contributed by atoms with E-state index in [1.54, 1.807) is 0 Å². The van der Waals surface area contributed by atoms with E-state index < -0.39 is 23.1 Å². The lowest BCUT2D eigenvalue weighted by molar-refractivity contribution is 0.628. The van der Waals surface area contributed by atoms with Crippen LogP contribution in [0.3, 0.4) is 0 Å². The van der Waals surface area contributed by atoms with E-state index in [2.05, 4.69) is 0 Å². The zero-order valence-corrected chi connectivity index (χ0v) is 7.08. The average Bonchev–Trinajstić information content (AvgIpc) is 1.39. The molecule has 0 spiro atoms. The molecule has 0 radical (unpaired) electrons. The molecule has 0 aromatic heterocycles. The summed E-state index contributed by atoms with van der Waals surface area (Å²) in [5, 5.41) is 0. The highest BCUT2D eigenvalue weighted by molar-refractivity contribution is 7.51. The molecule has 0 unspecified atom stereocenters. The maximum Gasteiger partial charge on any atom is 0.129 e. The van der Waals surface area contributed by atoms with Gasteiger partial charge in [-0.3, -0.25) is 0 Å². The van der Waals surface area contributed by atoms with Gasteiger partial charge in [-0.05, 0) is 0 Å². The van der Waals surface area contributed by atoms with Crippen molar-refractivity contribution in [2.45, 2.75) is 0 Å². The van der Waals surface area contributed by atoms with Crippen molar-refractivity contribution in [3.8, 4) is 0 Å². The minimum atomic E-state index is -1.42. The molecular weight excluding hydrogens is 199 g/mol. The van der Waals surface area contributed by atoms with Gasteiger partial charge in [0.25, 0.3) is 0 Å². The molecule has 0 aromatic carbocycles. The van der Waals surface area contributed by atoms with Crippen LogP contribution in [0.1, 0.15) is 0 Å². The van der Waals surface area contributed by atoms with Gasteiger partial charge >= 0.3 is 0 Å². The molecule has 0 aromatic rings. The lowest BCUT2D eigenvalue weighted by Gasteiger charge is -1.07. The molecule has 0 saturated heterocycles. The molecule has 0 fully saturated rings. The Labute approximate surface area is 65.1 Å². The molecule has 8 heavy (non-hydrogen) atoms. The van der Waals surface area contributed by atoms with Crippen LogP contribution in [0.2, 0.25) is 0 Å². The summed E-state index contributed by atoms with van der Waals surface area (Å²) in [7, 11) is 0. The second kappa shape index (κ2) is 51.1. The summed E-state index contributed by atoms with van der Waals surface area (Å²) in [6.45, 7) is 0. The quantitative estimate of drug-likeness (QED) is 0.479. The lowest BCUT2D eigenvalue weighted by atomic mass is 15.9. The Morgan fingerprint density at radius 2 is 0.625 bits per heavy atom. The van der Waals surface area contributed by atoms with Crippen LogP contribution in [0, 0.1) is 0 Å². The van der Waals surface area contributed by atoms with Gasteiger partial charge < -0.3 is 0 Å². The Morgan fingerprint density at radius 3 is 0.625 bits per heavy atom. The van der Waals surface area contributed by atoms with E-state index in [0.717, 1.165) is 0 Å². The van der Waals surface area contributed by atoms with Crippen molar-refractivity contribution >= 4 is 48.0 Å². The highest BCUT2D eigenvalue weighted by Gasteiger charge is 0.967. The first-order valence-corrected chi connectivity index (χ1v) is 2.45. The Balaban J connectivity index is -0.0000000160. The second-order valence-corrected chi connectivity index (χ2v) is 0.500. The van der Waals surface area contributed by atoms with Crippen molar-refractivity contribution in [3.63, 3.8) is 0 Å². The third-order valence-electron chi connectivity index (χ3n) is 0. The van der Waals surface area contributed by atoms with Gasteiger partial charge in [-0.15, -0.1) is 24.8 Å². The highest BCUT2D eigenvalue weighted by Crippen LogP contribution is 0.849. The molecule has 0 amide bonds. The predicted octanol–water partition coefficient (Wildman–Crippen LogP) is -1.57. The van der Waals surface area contributed by atoms with Crippen molar-refractivity contribution in [2.24, 2.45) is 0 Å². The van der Waals surface area contributed by atoms with Crippen molar-refractivity contribution < 1.29 is 16.8 Å². The number of halogens is 2. The number of rotatable bonds is 0. The molecule has 0 saturated carbocycles. The Bertz CT molecular complexity index is 66.0. The topological polar surface area (TPSA) is 68.3 Å². The molecule has 0 aliphatic rings. The van der Waals surface area contributed by atoms with Gasteiger partial charge in [0.05, 0.1) is 0 Å². The van der Waals surface area contributed by atoms with Crippen LogP contribution in [-0.2, 0) is 23.1 Å². The zero-order valence-electron chi connectivity index (χ0n) is 3.45. The molecule has 0 bridgehead atoms. The van der Waals surface area contributed by atoms with Crippen LogP contribution in [0.5, 0.6) is 0 Å². The van der Waals surface area contributed by atoms with E-state index in [1.807, 2.05) is 0 Å². The second-order valence-electron chi connectivity index (χ2n) is 0.167. The molecule has 4 nitrogen and oxygen atoms in total. The van der Waals surface area contributed by atoms with Gasteiger partial charge in [0.2, 0.25) is 0 Å². The van der Waals surface area contributed by atoms with Gasteiger partial charge in [0.1, 0.15) is 23.1 Å². The van der Waals surface area contributed by atoms with Crippen molar-refractivity contribution in [1.82, 2.24) is 0 Å². The van der Waals surface area contributed by atoms with E-state index in [1.165, 1.54) is 0 Å². The summed E-state index contributed by atoms with van der Waals surface area (Å²) in [5.41, 5.74) is 0. The fraction of sp³-hybridized carbons (Fsp3) is 0. The first-order chi connectivity index (χ1) is 2.83. The first kappa shape index (κ1) is 23.6. The van der Waals surface area contributed by atoms with Crippen LogP contribution in [0.15, 0.2) is 0 Å². The van der Waals surface area contributed by atoms with Crippen LogP contribution >= 0.6 is 24.8 Å². The normalized spacial score (nSPS) is 4.00. The summed E-state index contributed by atoms with van der Waals surface area (Å²) in [6, 6.07) is 0. The van der Waals surface area contributed by atoms with E-state index >= 15 is 0 Å². The van der Waals surface area contributed by atoms with Crippen LogP contribution in [0.4, 0.5) is 0 Å². The molecular formula is H6Cl2O4S2. The molecule has 0 N–H and O–H groups in total. The maximum absolute atomic E-state index is 8.40. The van der Waals surface area contributed by atoms with Crippen molar-refractivity contribution in [3.05, 3.63) is 0 Å². The average molecular weight is 205 g/mol. The van der Waals surface area contributed by atoms with Crippen molar-refractivity contribution in [1.29, 1.82) is 0 Å². The summed E-state index contributed by atoms with van der Waals surface area (Å²) in [6.07, 6.45) is 0. The Morgan fingerprint density at radius 1 is 0.625 bits per heavy atom. The van der Waals surface area contributed by atoms with Gasteiger partial charge in [-0.1, -0.05) is 0 Å². The SMILES string of the molecule is Cl.Cl.O=[SH2]=O.O=[SH2]=O. The molecule has 0 rings (SSSR count). The van der Waals surface area contributed by atoms with Gasteiger partial charge in [-0.25, -0.2) is 16.8 Å². The first-order valence-electron chi connectivity index (χ1n) is 0.816. The standard InChI is InChI=1S/2ClH.2H2O2S/c;;2*1-3-2/h2*1H;2*3H2. The number of hydrogen-bond acceptors (Lipinski definition) is 4. The minimum absolute atomic E-state index is 0. The maximum atomic E-state index is 8.40. The fourth-order valence-corrected chi connectivity index (χ4v) is 0. The molecule has 0 heterocycles. The van der Waals surface area contributed by atoms with Crippen LogP contribution < -0.4 is 0 Å². The smallest absolute Gasteiger partial charge is 0.129 e. The third-order valence-corrected chi connectivity index (χ3v) is 0. The zero-order chi connectivity index (χ0) is 5.41. The summed E-state index contributed by atoms with van der Waals surface area (Å²) in [5.74, 6) is 0. The molecule has 56 valence electrons. The van der Waals surface area contributed by atoms with E-state index in [4.69, 9.17) is 16.8 Å².